The molecular weight excluding hydrogens is 324 g/mol. The molecular formula is C18H25ClN4O. The molecule has 2 unspecified atom stereocenters. The van der Waals surface area contributed by atoms with E-state index in [2.05, 4.69) is 9.55 Å². The molecule has 1 aromatic heterocycles. The van der Waals surface area contributed by atoms with E-state index >= 15 is 0 Å². The lowest BCUT2D eigenvalue weighted by molar-refractivity contribution is -0.134. The molecule has 2 heterocycles. The van der Waals surface area contributed by atoms with Crippen LogP contribution >= 0.6 is 12.4 Å². The quantitative estimate of drug-likeness (QED) is 0.922. The van der Waals surface area contributed by atoms with Crippen LogP contribution in [0.4, 0.5) is 0 Å². The summed E-state index contributed by atoms with van der Waals surface area (Å²) in [6, 6.07) is 9.04. The zero-order valence-corrected chi connectivity index (χ0v) is 14.8. The Morgan fingerprint density at radius 3 is 2.79 bits per heavy atom. The summed E-state index contributed by atoms with van der Waals surface area (Å²) in [6.45, 7) is 1.57. The third kappa shape index (κ3) is 4.16. The molecule has 1 aromatic carbocycles. The molecule has 1 amide bonds. The Hall–Kier alpha value is -1.85. The summed E-state index contributed by atoms with van der Waals surface area (Å²) in [5.74, 6) is 1.56. The van der Waals surface area contributed by atoms with Gasteiger partial charge in [0.25, 0.3) is 0 Å². The van der Waals surface area contributed by atoms with E-state index in [1.165, 1.54) is 0 Å². The molecule has 0 spiro atoms. The Bertz CT molecular complexity index is 658. The number of benzene rings is 1. The minimum atomic E-state index is -0.567. The maximum absolute atomic E-state index is 12.7. The van der Waals surface area contributed by atoms with Gasteiger partial charge in [0.15, 0.2) is 0 Å². The van der Waals surface area contributed by atoms with Gasteiger partial charge in [-0.05, 0) is 24.3 Å². The van der Waals surface area contributed by atoms with Gasteiger partial charge in [-0.1, -0.05) is 30.3 Å². The molecule has 5 nitrogen and oxygen atoms in total. The average molecular weight is 349 g/mol. The number of piperidine rings is 1. The number of likely N-dealkylation sites (tertiary alicyclic amines) is 1. The van der Waals surface area contributed by atoms with Gasteiger partial charge >= 0.3 is 0 Å². The largest absolute Gasteiger partial charge is 0.341 e. The van der Waals surface area contributed by atoms with E-state index in [4.69, 9.17) is 5.73 Å². The fraction of sp³-hybridized carbons (Fsp3) is 0.444. The van der Waals surface area contributed by atoms with Gasteiger partial charge in [0.1, 0.15) is 11.9 Å². The van der Waals surface area contributed by atoms with Gasteiger partial charge in [0, 0.05) is 39.0 Å². The second kappa shape index (κ2) is 8.31. The summed E-state index contributed by atoms with van der Waals surface area (Å²) < 4.78 is 2.05. The van der Waals surface area contributed by atoms with Crippen LogP contribution < -0.4 is 5.73 Å². The van der Waals surface area contributed by atoms with Crippen molar-refractivity contribution in [2.24, 2.45) is 18.7 Å². The van der Waals surface area contributed by atoms with Gasteiger partial charge in [-0.15, -0.1) is 12.4 Å². The van der Waals surface area contributed by atoms with Gasteiger partial charge in [0.05, 0.1) is 0 Å². The van der Waals surface area contributed by atoms with Crippen molar-refractivity contribution in [1.82, 2.24) is 14.5 Å². The Balaban J connectivity index is 0.00000208. The molecule has 0 saturated carbocycles. The fourth-order valence-electron chi connectivity index (χ4n) is 3.28. The smallest absolute Gasteiger partial charge is 0.244 e. The Morgan fingerprint density at radius 2 is 2.12 bits per heavy atom. The van der Waals surface area contributed by atoms with Crippen molar-refractivity contribution in [1.29, 1.82) is 0 Å². The van der Waals surface area contributed by atoms with Crippen molar-refractivity contribution in [2.75, 3.05) is 13.1 Å². The lowest BCUT2D eigenvalue weighted by Crippen LogP contribution is -2.44. The molecule has 2 N–H and O–H groups in total. The van der Waals surface area contributed by atoms with Crippen molar-refractivity contribution in [3.63, 3.8) is 0 Å². The second-order valence-corrected chi connectivity index (χ2v) is 6.34. The SMILES string of the molecule is Cl.Cn1ccnc1CC1CCCN(C(=O)C(N)c2ccccc2)C1. The topological polar surface area (TPSA) is 64.2 Å². The monoisotopic (exact) mass is 348 g/mol. The number of nitrogens with zero attached hydrogens (tertiary/aromatic N) is 3. The van der Waals surface area contributed by atoms with E-state index in [1.54, 1.807) is 0 Å². The summed E-state index contributed by atoms with van der Waals surface area (Å²) in [6.07, 6.45) is 6.87. The fourth-order valence-corrected chi connectivity index (χ4v) is 3.28. The number of rotatable bonds is 4. The van der Waals surface area contributed by atoms with Gasteiger partial charge < -0.3 is 15.2 Å². The molecule has 2 atom stereocenters. The van der Waals surface area contributed by atoms with Gasteiger partial charge in [0.2, 0.25) is 5.91 Å². The van der Waals surface area contributed by atoms with Crippen LogP contribution in [-0.4, -0.2) is 33.4 Å². The van der Waals surface area contributed by atoms with Gasteiger partial charge in [-0.25, -0.2) is 4.98 Å². The number of carbonyl (C=O) groups is 1. The Kier molecular flexibility index (Phi) is 6.40. The highest BCUT2D eigenvalue weighted by Crippen LogP contribution is 2.23. The minimum absolute atomic E-state index is 0. The molecule has 1 aliphatic heterocycles. The third-order valence-electron chi connectivity index (χ3n) is 4.65. The normalized spacial score (nSPS) is 18.8. The first-order valence-corrected chi connectivity index (χ1v) is 8.20. The molecule has 0 aliphatic carbocycles. The molecule has 0 radical (unpaired) electrons. The van der Waals surface area contributed by atoms with Crippen molar-refractivity contribution in [2.45, 2.75) is 25.3 Å². The number of carbonyl (C=O) groups excluding carboxylic acids is 1. The number of aryl methyl sites for hydroxylation is 1. The van der Waals surface area contributed by atoms with Crippen LogP contribution in [0.25, 0.3) is 0 Å². The Labute approximate surface area is 149 Å². The predicted octanol–water partition coefficient (Wildman–Crippen LogP) is 2.32. The first-order valence-electron chi connectivity index (χ1n) is 8.20. The number of nitrogens with two attached hydrogens (primary N) is 1. The number of halogens is 1. The van der Waals surface area contributed by atoms with E-state index in [1.807, 2.05) is 54.7 Å². The number of aromatic nitrogens is 2. The lowest BCUT2D eigenvalue weighted by atomic mass is 9.93. The van der Waals surface area contributed by atoms with E-state index in [0.717, 1.165) is 43.7 Å². The number of amides is 1. The van der Waals surface area contributed by atoms with Crippen molar-refractivity contribution in [3.8, 4) is 0 Å². The van der Waals surface area contributed by atoms with E-state index in [9.17, 15) is 4.79 Å². The van der Waals surface area contributed by atoms with Crippen LogP contribution in [0.1, 0.15) is 30.3 Å². The van der Waals surface area contributed by atoms with Crippen LogP contribution in [-0.2, 0) is 18.3 Å². The van der Waals surface area contributed by atoms with E-state index in [-0.39, 0.29) is 18.3 Å². The van der Waals surface area contributed by atoms with Crippen molar-refractivity contribution in [3.05, 3.63) is 54.1 Å². The van der Waals surface area contributed by atoms with Crippen LogP contribution in [0.15, 0.2) is 42.7 Å². The van der Waals surface area contributed by atoms with Gasteiger partial charge in [-0.3, -0.25) is 4.79 Å². The van der Waals surface area contributed by atoms with Crippen LogP contribution in [0.5, 0.6) is 0 Å². The van der Waals surface area contributed by atoms with E-state index < -0.39 is 6.04 Å². The second-order valence-electron chi connectivity index (χ2n) is 6.34. The van der Waals surface area contributed by atoms with Gasteiger partial charge in [-0.2, -0.15) is 0 Å². The minimum Gasteiger partial charge on any atom is -0.341 e. The molecule has 1 aliphatic rings. The van der Waals surface area contributed by atoms with Crippen LogP contribution in [0.2, 0.25) is 0 Å². The van der Waals surface area contributed by atoms with Crippen molar-refractivity contribution >= 4 is 18.3 Å². The van der Waals surface area contributed by atoms with Crippen LogP contribution in [0, 0.1) is 5.92 Å². The summed E-state index contributed by atoms with van der Waals surface area (Å²) in [7, 11) is 2.01. The maximum atomic E-state index is 12.7. The molecule has 24 heavy (non-hydrogen) atoms. The molecule has 2 aromatic rings. The number of hydrogen-bond donors (Lipinski definition) is 1. The molecule has 3 rings (SSSR count). The predicted molar refractivity (Wildman–Crippen MR) is 96.8 cm³/mol. The zero-order valence-electron chi connectivity index (χ0n) is 14.0. The molecule has 6 heteroatoms. The third-order valence-corrected chi connectivity index (χ3v) is 4.65. The molecule has 1 saturated heterocycles. The average Bonchev–Trinajstić information content (AvgIpc) is 2.99. The summed E-state index contributed by atoms with van der Waals surface area (Å²) in [5, 5.41) is 0. The lowest BCUT2D eigenvalue weighted by Gasteiger charge is -2.34. The van der Waals surface area contributed by atoms with Crippen molar-refractivity contribution < 1.29 is 4.79 Å². The van der Waals surface area contributed by atoms with Crippen LogP contribution in [0.3, 0.4) is 0 Å². The maximum Gasteiger partial charge on any atom is 0.244 e. The summed E-state index contributed by atoms with van der Waals surface area (Å²) >= 11 is 0. The summed E-state index contributed by atoms with van der Waals surface area (Å²) in [5.41, 5.74) is 7.05. The standard InChI is InChI=1S/C18H24N4O.ClH/c1-21-11-9-20-16(21)12-14-6-5-10-22(13-14)18(23)17(19)15-7-3-2-4-8-15;/h2-4,7-9,11,14,17H,5-6,10,12-13,19H2,1H3;1H. The first kappa shape index (κ1) is 18.5. The molecule has 1 fully saturated rings. The highest BCUT2D eigenvalue weighted by Gasteiger charge is 2.28. The number of imidazole rings is 1. The Morgan fingerprint density at radius 1 is 1.38 bits per heavy atom. The summed E-state index contributed by atoms with van der Waals surface area (Å²) in [4.78, 5) is 19.0. The molecule has 0 bridgehead atoms. The van der Waals surface area contributed by atoms with E-state index in [0.29, 0.717) is 5.92 Å². The first-order chi connectivity index (χ1) is 11.1. The zero-order chi connectivity index (χ0) is 16.2. The highest BCUT2D eigenvalue weighted by molar-refractivity contribution is 5.85. The number of hydrogen-bond acceptors (Lipinski definition) is 3. The highest BCUT2D eigenvalue weighted by atomic mass is 35.5. The molecule has 130 valence electrons.